The number of Topliss-reactive ketones (excluding diaryl/α,β-unsaturated/α-hetero) is 2. The average molecular weight is 347 g/mol. The van der Waals surface area contributed by atoms with Crippen LogP contribution in [0.15, 0.2) is 35.4 Å². The van der Waals surface area contributed by atoms with Crippen LogP contribution in [0.1, 0.15) is 51.0 Å². The number of aliphatic hydroxyl groups excluding tert-OH is 1. The Balaban J connectivity index is 1.71. The first-order chi connectivity index (χ1) is 11.4. The van der Waals surface area contributed by atoms with Crippen molar-refractivity contribution in [1.29, 1.82) is 0 Å². The molecule has 1 aromatic carbocycles. The van der Waals surface area contributed by atoms with E-state index in [1.54, 1.807) is 13.8 Å². The Morgan fingerprint density at radius 1 is 1.00 bits per heavy atom. The topological polar surface area (TPSA) is 54.4 Å². The van der Waals surface area contributed by atoms with Crippen molar-refractivity contribution in [2.45, 2.75) is 51.6 Å². The van der Waals surface area contributed by atoms with Crippen molar-refractivity contribution in [3.05, 3.63) is 46.0 Å². The highest BCUT2D eigenvalue weighted by Gasteiger charge is 2.44. The van der Waals surface area contributed by atoms with Crippen molar-refractivity contribution >= 4 is 23.2 Å². The van der Waals surface area contributed by atoms with Crippen molar-refractivity contribution in [3.8, 4) is 0 Å². The van der Waals surface area contributed by atoms with Gasteiger partial charge in [-0.3, -0.25) is 9.59 Å². The summed E-state index contributed by atoms with van der Waals surface area (Å²) in [6, 6.07) is 7.95. The molecule has 0 spiro atoms. The molecule has 0 heterocycles. The van der Waals surface area contributed by atoms with Gasteiger partial charge >= 0.3 is 0 Å². The van der Waals surface area contributed by atoms with Crippen LogP contribution < -0.4 is 0 Å². The van der Waals surface area contributed by atoms with Crippen LogP contribution in [0.25, 0.3) is 0 Å². The molecule has 1 aromatic rings. The summed E-state index contributed by atoms with van der Waals surface area (Å²) in [5, 5.41) is 11.3. The second kappa shape index (κ2) is 6.81. The van der Waals surface area contributed by atoms with Gasteiger partial charge in [0.2, 0.25) is 11.6 Å². The molecule has 1 saturated carbocycles. The van der Waals surface area contributed by atoms with Crippen LogP contribution in [0, 0.1) is 11.8 Å². The lowest BCUT2D eigenvalue weighted by atomic mass is 9.67. The van der Waals surface area contributed by atoms with Crippen LogP contribution in [0.4, 0.5) is 0 Å². The van der Waals surface area contributed by atoms with Gasteiger partial charge in [-0.15, -0.1) is 0 Å². The van der Waals surface area contributed by atoms with E-state index < -0.39 is 23.6 Å². The molecule has 0 saturated heterocycles. The minimum absolute atomic E-state index is 0.0862. The monoisotopic (exact) mass is 346 g/mol. The molecule has 3 nitrogen and oxygen atoms in total. The Hall–Kier alpha value is -1.45. The fourth-order valence-corrected chi connectivity index (χ4v) is 4.29. The second-order valence-corrected chi connectivity index (χ2v) is 7.57. The van der Waals surface area contributed by atoms with Gasteiger partial charge in [-0.25, -0.2) is 0 Å². The van der Waals surface area contributed by atoms with E-state index >= 15 is 0 Å². The fraction of sp³-hybridized carbons (Fsp3) is 0.500. The summed E-state index contributed by atoms with van der Waals surface area (Å²) < 4.78 is 0. The van der Waals surface area contributed by atoms with Crippen molar-refractivity contribution in [1.82, 2.24) is 0 Å². The van der Waals surface area contributed by atoms with Crippen molar-refractivity contribution in [3.63, 3.8) is 0 Å². The summed E-state index contributed by atoms with van der Waals surface area (Å²) in [4.78, 5) is 24.5. The minimum Gasteiger partial charge on any atom is -0.388 e. The lowest BCUT2D eigenvalue weighted by molar-refractivity contribution is -0.142. The number of hydrogen-bond donors (Lipinski definition) is 1. The molecule has 0 amide bonds. The van der Waals surface area contributed by atoms with Crippen LogP contribution in [-0.4, -0.2) is 22.8 Å². The van der Waals surface area contributed by atoms with E-state index in [9.17, 15) is 14.7 Å². The van der Waals surface area contributed by atoms with E-state index in [0.29, 0.717) is 17.1 Å². The van der Waals surface area contributed by atoms with Crippen LogP contribution in [-0.2, 0) is 9.59 Å². The van der Waals surface area contributed by atoms with Crippen molar-refractivity contribution in [2.24, 2.45) is 11.8 Å². The van der Waals surface area contributed by atoms with E-state index in [2.05, 4.69) is 12.1 Å². The summed E-state index contributed by atoms with van der Waals surface area (Å²) in [6.45, 7) is 3.39. The maximum Gasteiger partial charge on any atom is 0.224 e. The number of allylic oxidation sites excluding steroid dienone is 1. The van der Waals surface area contributed by atoms with Gasteiger partial charge in [0.1, 0.15) is 0 Å². The Bertz CT molecular complexity index is 681. The summed E-state index contributed by atoms with van der Waals surface area (Å²) >= 11 is 5.94. The molecule has 2 aliphatic carbocycles. The molecule has 1 N–H and O–H groups in total. The van der Waals surface area contributed by atoms with Crippen LogP contribution in [0.3, 0.4) is 0 Å². The molecule has 2 unspecified atom stereocenters. The van der Waals surface area contributed by atoms with Crippen LogP contribution in [0.5, 0.6) is 0 Å². The SMILES string of the molecule is CC1=C(C)C(O)C(C2CCC(c3ccc(Cl)cc3)CC2)C(=O)C1=O. The molecule has 0 bridgehead atoms. The number of halogens is 1. The first kappa shape index (κ1) is 17.4. The van der Waals surface area contributed by atoms with Gasteiger partial charge in [0.15, 0.2) is 0 Å². The smallest absolute Gasteiger partial charge is 0.224 e. The van der Waals surface area contributed by atoms with E-state index in [0.717, 1.165) is 30.7 Å². The molecule has 24 heavy (non-hydrogen) atoms. The standard InChI is InChI=1S/C20H23ClO3/c1-11-12(2)19(23)20(24)17(18(11)22)15-5-3-13(4-6-15)14-7-9-16(21)10-8-14/h7-10,13,15,17-18,22H,3-6H2,1-2H3. The first-order valence-electron chi connectivity index (χ1n) is 8.59. The largest absolute Gasteiger partial charge is 0.388 e. The Morgan fingerprint density at radius 3 is 2.17 bits per heavy atom. The molecule has 0 aliphatic heterocycles. The number of rotatable bonds is 2. The molecule has 4 heteroatoms. The Kier molecular flexibility index (Phi) is 4.93. The molecule has 1 fully saturated rings. The highest BCUT2D eigenvalue weighted by molar-refractivity contribution is 6.45. The van der Waals surface area contributed by atoms with Crippen LogP contribution in [0.2, 0.25) is 5.02 Å². The van der Waals surface area contributed by atoms with Gasteiger partial charge in [0.05, 0.1) is 12.0 Å². The van der Waals surface area contributed by atoms with E-state index in [1.807, 2.05) is 12.1 Å². The van der Waals surface area contributed by atoms with Crippen molar-refractivity contribution in [2.75, 3.05) is 0 Å². The number of carbonyl (C=O) groups is 2. The Morgan fingerprint density at radius 2 is 1.58 bits per heavy atom. The summed E-state index contributed by atoms with van der Waals surface area (Å²) in [5.41, 5.74) is 2.35. The van der Waals surface area contributed by atoms with Gasteiger partial charge in [-0.05, 0) is 74.6 Å². The normalized spacial score (nSPS) is 31.5. The molecule has 3 rings (SSSR count). The average Bonchev–Trinajstić information content (AvgIpc) is 2.60. The molecule has 0 aromatic heterocycles. The molecule has 2 aliphatic rings. The van der Waals surface area contributed by atoms with Gasteiger partial charge < -0.3 is 5.11 Å². The second-order valence-electron chi connectivity index (χ2n) is 7.14. The third-order valence-electron chi connectivity index (χ3n) is 5.86. The molecule has 128 valence electrons. The predicted octanol–water partition coefficient (Wildman–Crippen LogP) is 4.08. The zero-order valence-electron chi connectivity index (χ0n) is 14.1. The maximum atomic E-state index is 12.4. The lowest BCUT2D eigenvalue weighted by Gasteiger charge is -2.37. The zero-order chi connectivity index (χ0) is 17.4. The van der Waals surface area contributed by atoms with E-state index in [-0.39, 0.29) is 5.92 Å². The third kappa shape index (κ3) is 3.07. The van der Waals surface area contributed by atoms with Gasteiger partial charge in [-0.2, -0.15) is 0 Å². The maximum absolute atomic E-state index is 12.4. The predicted molar refractivity (Wildman–Crippen MR) is 94.0 cm³/mol. The lowest BCUT2D eigenvalue weighted by Crippen LogP contribution is -2.44. The van der Waals surface area contributed by atoms with Gasteiger partial charge in [0, 0.05) is 10.6 Å². The van der Waals surface area contributed by atoms with Gasteiger partial charge in [-0.1, -0.05) is 23.7 Å². The summed E-state index contributed by atoms with van der Waals surface area (Å²) in [7, 11) is 0. The zero-order valence-corrected chi connectivity index (χ0v) is 14.8. The number of hydrogen-bond acceptors (Lipinski definition) is 3. The highest BCUT2D eigenvalue weighted by Crippen LogP contribution is 2.42. The highest BCUT2D eigenvalue weighted by atomic mass is 35.5. The summed E-state index contributed by atoms with van der Waals surface area (Å²) in [5.74, 6) is -0.831. The first-order valence-corrected chi connectivity index (χ1v) is 8.97. The Labute approximate surface area is 147 Å². The third-order valence-corrected chi connectivity index (χ3v) is 6.12. The summed E-state index contributed by atoms with van der Waals surface area (Å²) in [6.07, 6.45) is 2.85. The molecule has 2 atom stereocenters. The number of aliphatic hydroxyl groups is 1. The number of carbonyl (C=O) groups excluding carboxylic acids is 2. The van der Waals surface area contributed by atoms with Gasteiger partial charge in [0.25, 0.3) is 0 Å². The molecular formula is C20H23ClO3. The number of ketones is 2. The minimum atomic E-state index is -0.813. The number of benzene rings is 1. The molecule has 0 radical (unpaired) electrons. The molecular weight excluding hydrogens is 324 g/mol. The quantitative estimate of drug-likeness (QED) is 0.821. The fourth-order valence-electron chi connectivity index (χ4n) is 4.17. The van der Waals surface area contributed by atoms with Crippen LogP contribution >= 0.6 is 11.6 Å². The van der Waals surface area contributed by atoms with E-state index in [4.69, 9.17) is 11.6 Å². The van der Waals surface area contributed by atoms with Crippen molar-refractivity contribution < 1.29 is 14.7 Å². The van der Waals surface area contributed by atoms with E-state index in [1.165, 1.54) is 5.56 Å².